The highest BCUT2D eigenvalue weighted by molar-refractivity contribution is 7.88. The van der Waals surface area contributed by atoms with Crippen LogP contribution in [0, 0.1) is 12.8 Å². The molecule has 1 aromatic heterocycles. The molecular weight excluding hydrogens is 362 g/mol. The summed E-state index contributed by atoms with van der Waals surface area (Å²) in [5.74, 6) is -0.400. The molecule has 0 spiro atoms. The van der Waals surface area contributed by atoms with Gasteiger partial charge in [0.05, 0.1) is 6.26 Å². The van der Waals surface area contributed by atoms with Gasteiger partial charge in [0.1, 0.15) is 5.49 Å². The Morgan fingerprint density at radius 2 is 1.78 bits per heavy atom. The van der Waals surface area contributed by atoms with Crippen LogP contribution in [0.5, 0.6) is 0 Å². The number of hydrogen-bond donors (Lipinski definition) is 0. The lowest BCUT2D eigenvalue weighted by molar-refractivity contribution is -0.122. The molecule has 1 saturated heterocycles. The van der Waals surface area contributed by atoms with E-state index in [1.54, 1.807) is 0 Å². The van der Waals surface area contributed by atoms with Crippen LogP contribution >= 0.6 is 0 Å². The monoisotopic (exact) mass is 387 g/mol. The highest BCUT2D eigenvalue weighted by Crippen LogP contribution is 2.20. The number of benzene rings is 1. The third kappa shape index (κ3) is 5.14. The standard InChI is InChI=1S/C20H25N3O3S/c1-16-6-8-17(9-7-16)15-22-12-4-3-5-19(22)21-20(24)18-10-13-23(14-11-18)27(2,25)26/h3-9,12,18H,10-11,13-15H2,1-2H3. The number of carbonyl (C=O) groups is 1. The number of amides is 1. The highest BCUT2D eigenvalue weighted by atomic mass is 32.2. The van der Waals surface area contributed by atoms with E-state index >= 15 is 0 Å². The number of aryl methyl sites for hydroxylation is 1. The summed E-state index contributed by atoms with van der Waals surface area (Å²) in [6.07, 6.45) is 4.15. The van der Waals surface area contributed by atoms with Crippen LogP contribution in [-0.4, -0.2) is 42.5 Å². The molecule has 144 valence electrons. The van der Waals surface area contributed by atoms with Crippen LogP contribution in [0.2, 0.25) is 0 Å². The Morgan fingerprint density at radius 1 is 1.11 bits per heavy atom. The Labute approximate surface area is 160 Å². The van der Waals surface area contributed by atoms with Crippen molar-refractivity contribution in [1.82, 2.24) is 8.87 Å². The third-order valence-corrected chi connectivity index (χ3v) is 6.19. The Bertz CT molecular complexity index is 970. The van der Waals surface area contributed by atoms with Gasteiger partial charge in [-0.2, -0.15) is 4.99 Å². The number of aromatic nitrogens is 1. The smallest absolute Gasteiger partial charge is 0.250 e. The summed E-state index contributed by atoms with van der Waals surface area (Å²) < 4.78 is 26.6. The molecule has 1 aliphatic heterocycles. The van der Waals surface area contributed by atoms with Crippen molar-refractivity contribution in [3.05, 3.63) is 65.3 Å². The molecule has 0 saturated carbocycles. The number of nitrogens with zero attached hydrogens (tertiary/aromatic N) is 3. The lowest BCUT2D eigenvalue weighted by Crippen LogP contribution is -2.39. The topological polar surface area (TPSA) is 71.7 Å². The van der Waals surface area contributed by atoms with Crippen LogP contribution in [0.3, 0.4) is 0 Å². The number of hydrogen-bond acceptors (Lipinski definition) is 3. The minimum absolute atomic E-state index is 0.174. The lowest BCUT2D eigenvalue weighted by Gasteiger charge is -2.28. The van der Waals surface area contributed by atoms with E-state index in [0.717, 1.165) is 5.56 Å². The van der Waals surface area contributed by atoms with E-state index < -0.39 is 10.0 Å². The second kappa shape index (κ2) is 8.19. The minimum Gasteiger partial charge on any atom is -0.328 e. The maximum atomic E-state index is 12.6. The number of carbonyl (C=O) groups excluding carboxylic acids is 1. The van der Waals surface area contributed by atoms with Crippen molar-refractivity contribution in [3.8, 4) is 0 Å². The van der Waals surface area contributed by atoms with Gasteiger partial charge in [0.25, 0.3) is 5.91 Å². The van der Waals surface area contributed by atoms with Gasteiger partial charge < -0.3 is 4.57 Å². The van der Waals surface area contributed by atoms with Gasteiger partial charge in [0.15, 0.2) is 0 Å². The van der Waals surface area contributed by atoms with Gasteiger partial charge in [-0.05, 0) is 37.5 Å². The molecule has 3 rings (SSSR count). The van der Waals surface area contributed by atoms with Crippen LogP contribution in [0.15, 0.2) is 53.7 Å². The van der Waals surface area contributed by atoms with Gasteiger partial charge in [-0.1, -0.05) is 35.9 Å². The predicted molar refractivity (Wildman–Crippen MR) is 104 cm³/mol. The van der Waals surface area contributed by atoms with E-state index in [-0.39, 0.29) is 11.8 Å². The Kier molecular flexibility index (Phi) is 5.92. The fourth-order valence-electron chi connectivity index (χ4n) is 3.23. The average Bonchev–Trinajstić information content (AvgIpc) is 2.64. The molecule has 1 amide bonds. The first-order chi connectivity index (χ1) is 12.8. The fraction of sp³-hybridized carbons (Fsp3) is 0.400. The molecule has 27 heavy (non-hydrogen) atoms. The maximum absolute atomic E-state index is 12.6. The molecule has 0 unspecified atom stereocenters. The van der Waals surface area contributed by atoms with Gasteiger partial charge in [-0.15, -0.1) is 0 Å². The second-order valence-corrected chi connectivity index (χ2v) is 9.04. The molecule has 0 radical (unpaired) electrons. The summed E-state index contributed by atoms with van der Waals surface area (Å²) >= 11 is 0. The molecule has 2 heterocycles. The van der Waals surface area contributed by atoms with Gasteiger partial charge in [-0.3, -0.25) is 4.79 Å². The summed E-state index contributed by atoms with van der Waals surface area (Å²) in [4.78, 5) is 17.0. The zero-order valence-corrected chi connectivity index (χ0v) is 16.5. The summed E-state index contributed by atoms with van der Waals surface area (Å²) in [5, 5.41) is 0. The van der Waals surface area contributed by atoms with Crippen LogP contribution in [-0.2, 0) is 21.4 Å². The predicted octanol–water partition coefficient (Wildman–Crippen LogP) is 1.94. The van der Waals surface area contributed by atoms with Crippen LogP contribution in [0.1, 0.15) is 24.0 Å². The fourth-order valence-corrected chi connectivity index (χ4v) is 4.11. The molecule has 6 nitrogen and oxygen atoms in total. The van der Waals surface area contributed by atoms with Crippen molar-refractivity contribution in [2.24, 2.45) is 10.9 Å². The first kappa shape index (κ1) is 19.5. The minimum atomic E-state index is -3.19. The Balaban J connectivity index is 1.75. The van der Waals surface area contributed by atoms with E-state index in [1.165, 1.54) is 16.1 Å². The van der Waals surface area contributed by atoms with Crippen LogP contribution in [0.25, 0.3) is 0 Å². The zero-order valence-electron chi connectivity index (χ0n) is 15.7. The Morgan fingerprint density at radius 3 is 2.41 bits per heavy atom. The quantitative estimate of drug-likeness (QED) is 0.805. The van der Waals surface area contributed by atoms with Gasteiger partial charge in [-0.25, -0.2) is 12.7 Å². The Hall–Kier alpha value is -2.25. The number of rotatable bonds is 4. The molecule has 0 N–H and O–H groups in total. The average molecular weight is 388 g/mol. The summed E-state index contributed by atoms with van der Waals surface area (Å²) in [7, 11) is -3.19. The van der Waals surface area contributed by atoms with E-state index in [1.807, 2.05) is 35.9 Å². The van der Waals surface area contributed by atoms with Crippen LogP contribution < -0.4 is 5.49 Å². The largest absolute Gasteiger partial charge is 0.328 e. The van der Waals surface area contributed by atoms with Crippen molar-refractivity contribution in [2.75, 3.05) is 19.3 Å². The van der Waals surface area contributed by atoms with Gasteiger partial charge in [0.2, 0.25) is 10.0 Å². The first-order valence-corrected chi connectivity index (χ1v) is 10.9. The maximum Gasteiger partial charge on any atom is 0.250 e. The molecule has 0 bridgehead atoms. The summed E-state index contributed by atoms with van der Waals surface area (Å²) in [6, 6.07) is 13.9. The van der Waals surface area contributed by atoms with Crippen molar-refractivity contribution in [3.63, 3.8) is 0 Å². The van der Waals surface area contributed by atoms with Crippen molar-refractivity contribution in [2.45, 2.75) is 26.3 Å². The first-order valence-electron chi connectivity index (χ1n) is 9.07. The normalized spacial score (nSPS) is 17.2. The van der Waals surface area contributed by atoms with Crippen molar-refractivity contribution >= 4 is 15.9 Å². The van der Waals surface area contributed by atoms with E-state index in [2.05, 4.69) is 29.3 Å². The SMILES string of the molecule is Cc1ccc(Cn2ccccc2=NC(=O)C2CCN(S(C)(=O)=O)CC2)cc1. The lowest BCUT2D eigenvalue weighted by atomic mass is 9.97. The van der Waals surface area contributed by atoms with E-state index in [4.69, 9.17) is 0 Å². The van der Waals surface area contributed by atoms with Gasteiger partial charge >= 0.3 is 0 Å². The number of sulfonamides is 1. The number of piperidine rings is 1. The van der Waals surface area contributed by atoms with Gasteiger partial charge in [0, 0.05) is 31.7 Å². The molecular formula is C20H25N3O3S. The van der Waals surface area contributed by atoms with Crippen molar-refractivity contribution < 1.29 is 13.2 Å². The molecule has 7 heteroatoms. The van der Waals surface area contributed by atoms with E-state index in [9.17, 15) is 13.2 Å². The highest BCUT2D eigenvalue weighted by Gasteiger charge is 2.28. The molecule has 2 aromatic rings. The zero-order chi connectivity index (χ0) is 19.4. The number of pyridine rings is 1. The molecule has 1 fully saturated rings. The summed E-state index contributed by atoms with van der Waals surface area (Å²) in [5.41, 5.74) is 2.97. The molecule has 0 aliphatic carbocycles. The molecule has 1 aliphatic rings. The summed E-state index contributed by atoms with van der Waals surface area (Å²) in [6.45, 7) is 3.44. The van der Waals surface area contributed by atoms with E-state index in [0.29, 0.717) is 38.0 Å². The second-order valence-electron chi connectivity index (χ2n) is 7.06. The third-order valence-electron chi connectivity index (χ3n) is 4.89. The van der Waals surface area contributed by atoms with Crippen LogP contribution in [0.4, 0.5) is 0 Å². The van der Waals surface area contributed by atoms with Crippen molar-refractivity contribution in [1.29, 1.82) is 0 Å². The molecule has 1 aromatic carbocycles. The molecule has 0 atom stereocenters.